The first-order valence-corrected chi connectivity index (χ1v) is 18.5. The largest absolute Gasteiger partial charge is 0.490 e. The van der Waals surface area contributed by atoms with Gasteiger partial charge in [-0.1, -0.05) is 24.6 Å². The fourth-order valence-electron chi connectivity index (χ4n) is 6.00. The van der Waals surface area contributed by atoms with E-state index in [1.54, 1.807) is 24.0 Å². The van der Waals surface area contributed by atoms with Crippen molar-refractivity contribution in [3.8, 4) is 17.2 Å². The van der Waals surface area contributed by atoms with E-state index in [0.29, 0.717) is 37.0 Å². The smallest absolute Gasteiger partial charge is 0.261 e. The number of hydrogen-bond acceptors (Lipinski definition) is 9. The molecule has 2 aliphatic rings. The number of nitrogens with one attached hydrogen (secondary N) is 1. The molecule has 5 rings (SSSR count). The molecule has 2 heterocycles. The molecular formula is C36H46ClN3O8S. The van der Waals surface area contributed by atoms with Gasteiger partial charge in [0.15, 0.2) is 11.5 Å². The first-order chi connectivity index (χ1) is 23.4. The van der Waals surface area contributed by atoms with E-state index < -0.39 is 16.1 Å². The van der Waals surface area contributed by atoms with Crippen LogP contribution in [-0.4, -0.2) is 87.6 Å². The maximum absolute atomic E-state index is 14.4. The average Bonchev–Trinajstić information content (AvgIpc) is 3.54. The van der Waals surface area contributed by atoms with Crippen molar-refractivity contribution in [3.63, 3.8) is 0 Å². The third-order valence-corrected chi connectivity index (χ3v) is 10.5. The number of anilines is 1. The molecular weight excluding hydrogens is 670 g/mol. The topological polar surface area (TPSA) is 127 Å². The zero-order valence-electron chi connectivity index (χ0n) is 28.4. The van der Waals surface area contributed by atoms with Crippen LogP contribution in [0.3, 0.4) is 0 Å². The summed E-state index contributed by atoms with van der Waals surface area (Å²) in [5.74, 6) is 1.33. The van der Waals surface area contributed by atoms with Crippen LogP contribution in [0, 0.1) is 5.92 Å². The number of carbonyl (C=O) groups excluding carboxylic acids is 1. The summed E-state index contributed by atoms with van der Waals surface area (Å²) in [6.45, 7) is 7.87. The fraction of sp³-hybridized carbons (Fsp3) is 0.472. The molecule has 11 nitrogen and oxygen atoms in total. The molecule has 3 aromatic carbocycles. The number of likely N-dealkylation sites (N-methyl/N-ethyl adjacent to an activating group) is 1. The van der Waals surface area contributed by atoms with E-state index in [1.807, 2.05) is 39.1 Å². The Morgan fingerprint density at radius 1 is 1.02 bits per heavy atom. The SMILES string of the molecule is C[C@@H]1CCCCO[C@H](CN(C)Cc2ccc3c(c2)OCO3)[C@@H](C)CN([C@H](C)CO)C(=O)c2cc(NS(=O)(=O)c3ccc(Cl)cc3)ccc2O1. The number of nitrogens with zero attached hydrogens (tertiary/aromatic N) is 2. The standard InChI is InChI=1S/C36H46ClN3O8S/c1-24-19-40(25(2)22-41)36(42)31-18-29(38-49(43,44)30-12-9-28(37)10-13-30)11-15-32(31)48-26(3)7-5-6-16-45-35(24)21-39(4)20-27-8-14-33-34(17-27)47-23-46-33/h8-15,17-18,24-26,35,38,41H,5-7,16,19-23H2,1-4H3/t24-,25+,26+,35+/m0/s1. The predicted octanol–water partition coefficient (Wildman–Crippen LogP) is 5.80. The highest BCUT2D eigenvalue weighted by Crippen LogP contribution is 2.33. The molecule has 0 radical (unpaired) electrons. The monoisotopic (exact) mass is 715 g/mol. The molecule has 49 heavy (non-hydrogen) atoms. The van der Waals surface area contributed by atoms with Crippen molar-refractivity contribution in [1.82, 2.24) is 9.80 Å². The van der Waals surface area contributed by atoms with Crippen LogP contribution in [0.25, 0.3) is 0 Å². The molecule has 4 atom stereocenters. The van der Waals surface area contributed by atoms with Gasteiger partial charge in [-0.05, 0) is 100 Å². The second-order valence-corrected chi connectivity index (χ2v) is 15.1. The Bertz CT molecular complexity index is 1690. The lowest BCUT2D eigenvalue weighted by atomic mass is 10.0. The lowest BCUT2D eigenvalue weighted by Crippen LogP contribution is -2.47. The first kappa shape index (κ1) is 36.7. The van der Waals surface area contributed by atoms with Gasteiger partial charge in [-0.2, -0.15) is 0 Å². The van der Waals surface area contributed by atoms with Gasteiger partial charge < -0.3 is 29.0 Å². The summed E-state index contributed by atoms with van der Waals surface area (Å²) in [6, 6.07) is 15.9. The third-order valence-electron chi connectivity index (χ3n) is 8.81. The summed E-state index contributed by atoms with van der Waals surface area (Å²) in [7, 11) is -1.94. The number of rotatable bonds is 9. The number of hydrogen-bond donors (Lipinski definition) is 2. The van der Waals surface area contributed by atoms with E-state index in [9.17, 15) is 18.3 Å². The van der Waals surface area contributed by atoms with Crippen molar-refractivity contribution in [2.75, 3.05) is 44.9 Å². The Kier molecular flexibility index (Phi) is 12.3. The first-order valence-electron chi connectivity index (χ1n) is 16.6. The normalized spacial score (nSPS) is 21.1. The number of fused-ring (bicyclic) bond motifs is 2. The quantitative estimate of drug-likeness (QED) is 0.283. The summed E-state index contributed by atoms with van der Waals surface area (Å²) in [4.78, 5) is 18.3. The Labute approximate surface area is 294 Å². The Hall–Kier alpha value is -3.55. The highest BCUT2D eigenvalue weighted by Gasteiger charge is 2.31. The molecule has 0 aromatic heterocycles. The van der Waals surface area contributed by atoms with Gasteiger partial charge in [0, 0.05) is 42.9 Å². The van der Waals surface area contributed by atoms with Crippen LogP contribution < -0.4 is 18.9 Å². The minimum atomic E-state index is -3.97. The molecule has 3 aromatic rings. The highest BCUT2D eigenvalue weighted by atomic mass is 35.5. The summed E-state index contributed by atoms with van der Waals surface area (Å²) in [5, 5.41) is 10.7. The zero-order chi connectivity index (χ0) is 35.1. The Balaban J connectivity index is 1.40. The minimum absolute atomic E-state index is 0.0343. The summed E-state index contributed by atoms with van der Waals surface area (Å²) >= 11 is 5.96. The van der Waals surface area contributed by atoms with E-state index in [0.717, 1.165) is 36.3 Å². The Morgan fingerprint density at radius 2 is 1.76 bits per heavy atom. The van der Waals surface area contributed by atoms with Gasteiger partial charge in [-0.3, -0.25) is 14.4 Å². The van der Waals surface area contributed by atoms with Gasteiger partial charge in [0.2, 0.25) is 6.79 Å². The maximum Gasteiger partial charge on any atom is 0.261 e. The number of sulfonamides is 1. The van der Waals surface area contributed by atoms with E-state index in [4.69, 9.17) is 30.5 Å². The molecule has 0 saturated carbocycles. The van der Waals surface area contributed by atoms with Crippen LogP contribution >= 0.6 is 11.6 Å². The maximum atomic E-state index is 14.4. The van der Waals surface area contributed by atoms with Gasteiger partial charge in [0.05, 0.1) is 35.3 Å². The molecule has 2 N–H and O–H groups in total. The molecule has 13 heteroatoms. The molecule has 0 aliphatic carbocycles. The lowest BCUT2D eigenvalue weighted by Gasteiger charge is -2.36. The van der Waals surface area contributed by atoms with E-state index in [1.165, 1.54) is 30.3 Å². The van der Waals surface area contributed by atoms with Crippen LogP contribution in [-0.2, 0) is 21.3 Å². The molecule has 266 valence electrons. The predicted molar refractivity (Wildman–Crippen MR) is 188 cm³/mol. The van der Waals surface area contributed by atoms with Gasteiger partial charge >= 0.3 is 0 Å². The van der Waals surface area contributed by atoms with Crippen LogP contribution in [0.1, 0.15) is 56.0 Å². The highest BCUT2D eigenvalue weighted by molar-refractivity contribution is 7.92. The van der Waals surface area contributed by atoms with Crippen molar-refractivity contribution in [1.29, 1.82) is 0 Å². The number of aliphatic hydroxyl groups excluding tert-OH is 1. The van der Waals surface area contributed by atoms with Crippen molar-refractivity contribution < 1.29 is 37.3 Å². The van der Waals surface area contributed by atoms with Gasteiger partial charge in [-0.15, -0.1) is 0 Å². The molecule has 0 bridgehead atoms. The number of amides is 1. The molecule has 0 fully saturated rings. The van der Waals surface area contributed by atoms with Crippen molar-refractivity contribution in [2.24, 2.45) is 5.92 Å². The van der Waals surface area contributed by atoms with Gasteiger partial charge in [0.25, 0.3) is 15.9 Å². The number of halogens is 1. The van der Waals surface area contributed by atoms with Crippen LogP contribution in [0.5, 0.6) is 17.2 Å². The van der Waals surface area contributed by atoms with E-state index in [-0.39, 0.29) is 53.6 Å². The number of carbonyl (C=O) groups is 1. The van der Waals surface area contributed by atoms with Crippen LogP contribution in [0.15, 0.2) is 65.6 Å². The van der Waals surface area contributed by atoms with E-state index in [2.05, 4.69) is 9.62 Å². The minimum Gasteiger partial charge on any atom is -0.490 e. The molecule has 2 aliphatic heterocycles. The molecule has 0 unspecified atom stereocenters. The zero-order valence-corrected chi connectivity index (χ0v) is 30.0. The summed E-state index contributed by atoms with van der Waals surface area (Å²) < 4.78 is 52.8. The van der Waals surface area contributed by atoms with Gasteiger partial charge in [-0.25, -0.2) is 8.42 Å². The second-order valence-electron chi connectivity index (χ2n) is 13.0. The molecule has 0 spiro atoms. The van der Waals surface area contributed by atoms with Crippen molar-refractivity contribution in [3.05, 3.63) is 76.8 Å². The third kappa shape index (κ3) is 9.58. The summed E-state index contributed by atoms with van der Waals surface area (Å²) in [6.07, 6.45) is 2.02. The lowest BCUT2D eigenvalue weighted by molar-refractivity contribution is -0.0177. The number of aliphatic hydroxyl groups is 1. The number of ether oxygens (including phenoxy) is 4. The number of benzene rings is 3. The molecule has 1 amide bonds. The second kappa shape index (κ2) is 16.4. The van der Waals surface area contributed by atoms with Crippen LogP contribution in [0.4, 0.5) is 5.69 Å². The van der Waals surface area contributed by atoms with Crippen LogP contribution in [0.2, 0.25) is 5.02 Å². The van der Waals surface area contributed by atoms with Crippen molar-refractivity contribution >= 4 is 33.2 Å². The summed E-state index contributed by atoms with van der Waals surface area (Å²) in [5.41, 5.74) is 1.49. The molecule has 0 saturated heterocycles. The Morgan fingerprint density at radius 3 is 2.51 bits per heavy atom. The van der Waals surface area contributed by atoms with Crippen molar-refractivity contribution in [2.45, 2.75) is 69.7 Å². The average molecular weight is 716 g/mol. The fourth-order valence-corrected chi connectivity index (χ4v) is 7.17. The van der Waals surface area contributed by atoms with E-state index >= 15 is 0 Å². The van der Waals surface area contributed by atoms with Gasteiger partial charge in [0.1, 0.15) is 5.75 Å².